The van der Waals surface area contributed by atoms with Crippen molar-refractivity contribution < 1.29 is 33.8 Å². The zero-order chi connectivity index (χ0) is 27.3. The Morgan fingerprint density at radius 2 is 1.83 bits per heavy atom. The molecule has 202 valence electrons. The van der Waals surface area contributed by atoms with E-state index in [-0.39, 0.29) is 17.7 Å². The summed E-state index contributed by atoms with van der Waals surface area (Å²) in [6, 6.07) is 9.94. The van der Waals surface area contributed by atoms with Crippen molar-refractivity contribution in [3.05, 3.63) is 48.0 Å². The summed E-state index contributed by atoms with van der Waals surface area (Å²) in [4.78, 5) is 32.8. The van der Waals surface area contributed by atoms with Crippen molar-refractivity contribution in [3.63, 3.8) is 0 Å². The molecule has 0 saturated carbocycles. The van der Waals surface area contributed by atoms with Crippen LogP contribution in [0.25, 0.3) is 0 Å². The van der Waals surface area contributed by atoms with Crippen molar-refractivity contribution in [2.45, 2.75) is 78.4 Å². The summed E-state index contributed by atoms with van der Waals surface area (Å²) in [7, 11) is 2.51. The number of nitrogens with zero attached hydrogens (tertiary/aromatic N) is 1. The molecule has 3 unspecified atom stereocenters. The number of carbonyl (C=O) groups is 3. The second kappa shape index (κ2) is 20.0. The first kappa shape index (κ1) is 32.8. The summed E-state index contributed by atoms with van der Waals surface area (Å²) in [5.41, 5.74) is 1.11. The van der Waals surface area contributed by atoms with E-state index in [1.165, 1.54) is 20.3 Å². The van der Waals surface area contributed by atoms with E-state index in [0.717, 1.165) is 31.2 Å². The summed E-state index contributed by atoms with van der Waals surface area (Å²) in [6.45, 7) is 7.63. The number of allylic oxidation sites excluding steroid dienone is 1. The number of hydrogen-bond donors (Lipinski definition) is 2. The lowest BCUT2D eigenvalue weighted by Crippen LogP contribution is -2.33. The van der Waals surface area contributed by atoms with Crippen molar-refractivity contribution in [1.29, 1.82) is 0 Å². The van der Waals surface area contributed by atoms with E-state index in [0.29, 0.717) is 30.8 Å². The van der Waals surface area contributed by atoms with Gasteiger partial charge in [0.15, 0.2) is 5.84 Å². The summed E-state index contributed by atoms with van der Waals surface area (Å²) < 4.78 is 13.8. The van der Waals surface area contributed by atoms with Crippen LogP contribution in [0.15, 0.2) is 47.6 Å². The molecule has 1 heterocycles. The van der Waals surface area contributed by atoms with Gasteiger partial charge in [0.2, 0.25) is 5.91 Å². The normalized spacial score (nSPS) is 17.7. The van der Waals surface area contributed by atoms with E-state index in [4.69, 9.17) is 9.94 Å². The van der Waals surface area contributed by atoms with Gasteiger partial charge in [-0.3, -0.25) is 9.59 Å². The number of amidine groups is 1. The molecule has 0 spiro atoms. The third kappa shape index (κ3) is 15.7. The van der Waals surface area contributed by atoms with Crippen LogP contribution in [0.1, 0.15) is 65.4 Å². The highest BCUT2D eigenvalue weighted by Gasteiger charge is 2.22. The van der Waals surface area contributed by atoms with Crippen molar-refractivity contribution in [2.24, 2.45) is 11.1 Å². The minimum atomic E-state index is -0.657. The van der Waals surface area contributed by atoms with Gasteiger partial charge in [-0.1, -0.05) is 55.4 Å². The topological polar surface area (TPSA) is 124 Å². The molecule has 1 fully saturated rings. The number of oxime groups is 1. The number of benzene rings is 1. The van der Waals surface area contributed by atoms with Crippen LogP contribution in [-0.2, 0) is 30.2 Å². The number of hydrogen-bond acceptors (Lipinski definition) is 8. The molecule has 1 aliphatic rings. The molecule has 0 bridgehead atoms. The van der Waals surface area contributed by atoms with Crippen molar-refractivity contribution >= 4 is 23.7 Å². The summed E-state index contributed by atoms with van der Waals surface area (Å²) in [6.07, 6.45) is 8.35. The maximum atomic E-state index is 11.8. The Morgan fingerprint density at radius 3 is 2.28 bits per heavy atom. The van der Waals surface area contributed by atoms with Crippen LogP contribution in [0, 0.1) is 5.92 Å². The fourth-order valence-corrected chi connectivity index (χ4v) is 3.11. The summed E-state index contributed by atoms with van der Waals surface area (Å²) in [5.74, 6) is 0.294. The lowest BCUT2D eigenvalue weighted by molar-refractivity contribution is -0.123. The number of Topliss-reactive ketones (excluding diaryl/α,β-unsaturated/α-hetero) is 1. The molecular formula is C27H42N2O7. The third-order valence-corrected chi connectivity index (χ3v) is 5.39. The number of carbonyl (C=O) groups excluding carboxylic acids is 3. The highest BCUT2D eigenvalue weighted by atomic mass is 16.7. The average Bonchev–Trinajstić information content (AvgIpc) is 3.32. The molecule has 3 atom stereocenters. The summed E-state index contributed by atoms with van der Waals surface area (Å²) >= 11 is 0. The second-order valence-electron chi connectivity index (χ2n) is 8.33. The van der Waals surface area contributed by atoms with Crippen LogP contribution in [0.4, 0.5) is 4.79 Å². The number of ketones is 1. The Kier molecular flexibility index (Phi) is 18.3. The fourth-order valence-electron chi connectivity index (χ4n) is 3.11. The molecule has 0 aromatic heterocycles. The molecule has 36 heavy (non-hydrogen) atoms. The number of nitrogens with one attached hydrogen (secondary N) is 1. The molecule has 1 aliphatic heterocycles. The number of rotatable bonds is 8. The minimum Gasteiger partial charge on any atom is -0.438 e. The van der Waals surface area contributed by atoms with E-state index in [1.54, 1.807) is 13.0 Å². The lowest BCUT2D eigenvalue weighted by atomic mass is 10.0. The molecule has 0 aliphatic carbocycles. The Morgan fingerprint density at radius 1 is 1.19 bits per heavy atom. The maximum absolute atomic E-state index is 11.8. The van der Waals surface area contributed by atoms with Crippen LogP contribution in [-0.4, -0.2) is 55.3 Å². The molecule has 1 aromatic rings. The van der Waals surface area contributed by atoms with Gasteiger partial charge in [-0.15, -0.1) is 0 Å². The lowest BCUT2D eigenvalue weighted by Gasteiger charge is -2.10. The standard InChI is InChI=1S/C15H20O2.C9H16N2O2.C3H6O3/c1-12-7-9-15(17-12)10-8-14(16)11-13-5-3-2-4-6-13;1-4-6-8(11-13)10-9(12)7(3)5-2;1-5-3(4)6-2/h2-6,12,15H,7-11H2,1H3;4,6-7,13H,5H2,1-3H3,(H,10,11,12);1-2H3/b;6-4-;. The smallest absolute Gasteiger partial charge is 0.438 e. The molecule has 1 saturated heterocycles. The van der Waals surface area contributed by atoms with Gasteiger partial charge in [0, 0.05) is 18.8 Å². The molecule has 0 radical (unpaired) electrons. The Hall–Kier alpha value is -3.20. The molecule has 9 nitrogen and oxygen atoms in total. The van der Waals surface area contributed by atoms with Gasteiger partial charge in [-0.05, 0) is 51.2 Å². The maximum Gasteiger partial charge on any atom is 0.507 e. The first-order valence-electron chi connectivity index (χ1n) is 12.2. The van der Waals surface area contributed by atoms with E-state index >= 15 is 0 Å². The molecule has 1 amide bonds. The Bertz CT molecular complexity index is 819. The summed E-state index contributed by atoms with van der Waals surface area (Å²) in [5, 5.41) is 13.9. The van der Waals surface area contributed by atoms with Crippen LogP contribution in [0.5, 0.6) is 0 Å². The van der Waals surface area contributed by atoms with Gasteiger partial charge in [0.05, 0.1) is 26.4 Å². The highest BCUT2D eigenvalue weighted by molar-refractivity contribution is 6.04. The number of ether oxygens (including phenoxy) is 3. The predicted octanol–water partition coefficient (Wildman–Crippen LogP) is 5.06. The molecule has 2 N–H and O–H groups in total. The third-order valence-electron chi connectivity index (χ3n) is 5.39. The molecule has 2 rings (SSSR count). The van der Waals surface area contributed by atoms with E-state index < -0.39 is 6.16 Å². The first-order valence-corrected chi connectivity index (χ1v) is 12.2. The van der Waals surface area contributed by atoms with Gasteiger partial charge >= 0.3 is 6.16 Å². The van der Waals surface area contributed by atoms with Crippen LogP contribution >= 0.6 is 0 Å². The van der Waals surface area contributed by atoms with Crippen LogP contribution in [0.2, 0.25) is 0 Å². The van der Waals surface area contributed by atoms with Crippen molar-refractivity contribution in [1.82, 2.24) is 5.32 Å². The Balaban J connectivity index is 0.000000573. The molecular weight excluding hydrogens is 464 g/mol. The highest BCUT2D eigenvalue weighted by Crippen LogP contribution is 2.22. The van der Waals surface area contributed by atoms with Gasteiger partial charge in [-0.25, -0.2) is 4.79 Å². The largest absolute Gasteiger partial charge is 0.507 e. The molecule has 9 heteroatoms. The predicted molar refractivity (Wildman–Crippen MR) is 139 cm³/mol. The zero-order valence-corrected chi connectivity index (χ0v) is 22.4. The van der Waals surface area contributed by atoms with Gasteiger partial charge in [0.25, 0.3) is 0 Å². The van der Waals surface area contributed by atoms with Crippen LogP contribution in [0.3, 0.4) is 0 Å². The van der Waals surface area contributed by atoms with Crippen molar-refractivity contribution in [2.75, 3.05) is 14.2 Å². The van der Waals surface area contributed by atoms with Gasteiger partial charge < -0.3 is 24.7 Å². The van der Waals surface area contributed by atoms with E-state index in [2.05, 4.69) is 26.9 Å². The second-order valence-corrected chi connectivity index (χ2v) is 8.33. The number of methoxy groups -OCH3 is 2. The fraction of sp³-hybridized carbons (Fsp3) is 0.556. The zero-order valence-electron chi connectivity index (χ0n) is 22.4. The average molecular weight is 507 g/mol. The van der Waals surface area contributed by atoms with E-state index in [9.17, 15) is 14.4 Å². The minimum absolute atomic E-state index is 0.0676. The van der Waals surface area contributed by atoms with E-state index in [1.807, 2.05) is 44.2 Å². The van der Waals surface area contributed by atoms with Gasteiger partial charge in [-0.2, -0.15) is 0 Å². The Labute approximate surface area is 214 Å². The number of amides is 1. The quantitative estimate of drug-likeness (QED) is 0.166. The van der Waals surface area contributed by atoms with Crippen LogP contribution < -0.4 is 5.32 Å². The monoisotopic (exact) mass is 506 g/mol. The SMILES string of the molecule is C/C=C\C(=N/O)NC(=O)C(C)CC.CC1CCC(CCC(=O)Cc2ccccc2)O1.COC(=O)OC. The molecule has 1 aromatic carbocycles. The van der Waals surface area contributed by atoms with Gasteiger partial charge in [0.1, 0.15) is 5.78 Å². The van der Waals surface area contributed by atoms with Crippen molar-refractivity contribution in [3.8, 4) is 0 Å². The first-order chi connectivity index (χ1) is 17.2.